The van der Waals surface area contributed by atoms with Crippen LogP contribution in [0.15, 0.2) is 24.3 Å². The third-order valence-corrected chi connectivity index (χ3v) is 4.40. The van der Waals surface area contributed by atoms with Crippen LogP contribution in [0.4, 0.5) is 11.4 Å². The van der Waals surface area contributed by atoms with Crippen LogP contribution in [-0.2, 0) is 0 Å². The maximum absolute atomic E-state index is 12.7. The SMILES string of the molecule is CCCCN1C(=O)c2ccc3c4c(ccc(c24)C1=O)NCN3. The average molecular weight is 295 g/mol. The summed E-state index contributed by atoms with van der Waals surface area (Å²) in [6.07, 6.45) is 1.78. The third kappa shape index (κ3) is 1.65. The van der Waals surface area contributed by atoms with Crippen LogP contribution in [0.5, 0.6) is 0 Å². The second kappa shape index (κ2) is 4.73. The Kier molecular flexibility index (Phi) is 2.82. The van der Waals surface area contributed by atoms with Gasteiger partial charge in [-0.05, 0) is 30.7 Å². The van der Waals surface area contributed by atoms with Crippen molar-refractivity contribution in [2.75, 3.05) is 23.8 Å². The van der Waals surface area contributed by atoms with Crippen molar-refractivity contribution in [3.8, 4) is 0 Å². The molecule has 2 aromatic carbocycles. The Morgan fingerprint density at radius 3 is 2.09 bits per heavy atom. The van der Waals surface area contributed by atoms with Crippen molar-refractivity contribution in [3.63, 3.8) is 0 Å². The molecule has 2 aliphatic rings. The monoisotopic (exact) mass is 295 g/mol. The molecule has 5 heteroatoms. The number of nitrogens with zero attached hydrogens (tertiary/aromatic N) is 1. The number of unbranched alkanes of at least 4 members (excludes halogenated alkanes) is 1. The largest absolute Gasteiger partial charge is 0.367 e. The molecule has 2 amide bonds. The summed E-state index contributed by atoms with van der Waals surface area (Å²) in [7, 11) is 0. The lowest BCUT2D eigenvalue weighted by Crippen LogP contribution is -2.41. The minimum absolute atomic E-state index is 0.180. The molecule has 0 bridgehead atoms. The zero-order valence-electron chi connectivity index (χ0n) is 12.4. The van der Waals surface area contributed by atoms with Gasteiger partial charge >= 0.3 is 0 Å². The summed E-state index contributed by atoms with van der Waals surface area (Å²) in [4.78, 5) is 26.8. The molecule has 2 aromatic rings. The first-order chi connectivity index (χ1) is 10.7. The molecule has 22 heavy (non-hydrogen) atoms. The van der Waals surface area contributed by atoms with E-state index in [1.54, 1.807) is 0 Å². The highest BCUT2D eigenvalue weighted by atomic mass is 16.2. The predicted molar refractivity (Wildman–Crippen MR) is 86.3 cm³/mol. The number of carbonyl (C=O) groups excluding carboxylic acids is 2. The number of rotatable bonds is 3. The first kappa shape index (κ1) is 13.1. The first-order valence-corrected chi connectivity index (χ1v) is 7.66. The molecule has 2 N–H and O–H groups in total. The topological polar surface area (TPSA) is 61.4 Å². The van der Waals surface area contributed by atoms with Gasteiger partial charge in [-0.3, -0.25) is 14.5 Å². The molecule has 4 rings (SSSR count). The van der Waals surface area contributed by atoms with Crippen molar-refractivity contribution in [3.05, 3.63) is 35.4 Å². The highest BCUT2D eigenvalue weighted by Gasteiger charge is 2.34. The van der Waals surface area contributed by atoms with Gasteiger partial charge in [0.2, 0.25) is 0 Å². The van der Waals surface area contributed by atoms with E-state index < -0.39 is 0 Å². The van der Waals surface area contributed by atoms with Gasteiger partial charge in [0.25, 0.3) is 11.8 Å². The fourth-order valence-electron chi connectivity index (χ4n) is 3.28. The van der Waals surface area contributed by atoms with Crippen LogP contribution < -0.4 is 10.6 Å². The van der Waals surface area contributed by atoms with Crippen molar-refractivity contribution in [2.45, 2.75) is 19.8 Å². The summed E-state index contributed by atoms with van der Waals surface area (Å²) >= 11 is 0. The summed E-state index contributed by atoms with van der Waals surface area (Å²) in [5, 5.41) is 8.23. The maximum atomic E-state index is 12.7. The minimum Gasteiger partial charge on any atom is -0.367 e. The highest BCUT2D eigenvalue weighted by molar-refractivity contribution is 6.28. The zero-order valence-corrected chi connectivity index (χ0v) is 12.4. The summed E-state index contributed by atoms with van der Waals surface area (Å²) in [6.45, 7) is 3.18. The van der Waals surface area contributed by atoms with Crippen LogP contribution in [0.3, 0.4) is 0 Å². The first-order valence-electron chi connectivity index (χ1n) is 7.66. The van der Waals surface area contributed by atoms with Crippen molar-refractivity contribution in [1.29, 1.82) is 0 Å². The van der Waals surface area contributed by atoms with E-state index in [1.165, 1.54) is 4.90 Å². The fourth-order valence-corrected chi connectivity index (χ4v) is 3.28. The lowest BCUT2D eigenvalue weighted by Gasteiger charge is -2.30. The molecule has 0 spiro atoms. The Morgan fingerprint density at radius 1 is 0.955 bits per heavy atom. The summed E-state index contributed by atoms with van der Waals surface area (Å²) < 4.78 is 0. The summed E-state index contributed by atoms with van der Waals surface area (Å²) in [5.74, 6) is -0.361. The number of anilines is 2. The molecule has 2 heterocycles. The Labute approximate surface area is 128 Å². The van der Waals surface area contributed by atoms with Gasteiger partial charge in [0.05, 0.1) is 6.67 Å². The Hall–Kier alpha value is -2.56. The molecule has 0 atom stereocenters. The van der Waals surface area contributed by atoms with Gasteiger partial charge < -0.3 is 10.6 Å². The molecule has 112 valence electrons. The fraction of sp³-hybridized carbons (Fsp3) is 0.294. The van der Waals surface area contributed by atoms with E-state index in [9.17, 15) is 9.59 Å². The molecule has 2 aliphatic heterocycles. The molecular weight excluding hydrogens is 278 g/mol. The third-order valence-electron chi connectivity index (χ3n) is 4.40. The molecular formula is C17H17N3O2. The van der Waals surface area contributed by atoms with Crippen LogP contribution in [0.1, 0.15) is 40.5 Å². The van der Waals surface area contributed by atoms with Crippen LogP contribution in [-0.4, -0.2) is 29.9 Å². The smallest absolute Gasteiger partial charge is 0.261 e. The van der Waals surface area contributed by atoms with Crippen LogP contribution in [0, 0.1) is 0 Å². The molecule has 0 fully saturated rings. The van der Waals surface area contributed by atoms with Gasteiger partial charge in [-0.25, -0.2) is 0 Å². The number of imide groups is 1. The van der Waals surface area contributed by atoms with E-state index in [4.69, 9.17) is 0 Å². The van der Waals surface area contributed by atoms with Gasteiger partial charge in [-0.1, -0.05) is 13.3 Å². The van der Waals surface area contributed by atoms with E-state index in [0.717, 1.165) is 35.0 Å². The standard InChI is InChI=1S/C17H17N3O2/c1-2-3-8-20-16(21)10-4-6-12-15-13(19-9-18-12)7-5-11(14(10)15)17(20)22/h4-7,18-19H,2-3,8-9H2,1H3. The Morgan fingerprint density at radius 2 is 1.55 bits per heavy atom. The number of hydrogen-bond donors (Lipinski definition) is 2. The van der Waals surface area contributed by atoms with Gasteiger partial charge in [0.1, 0.15) is 0 Å². The average Bonchev–Trinajstić information content (AvgIpc) is 2.55. The van der Waals surface area contributed by atoms with E-state index >= 15 is 0 Å². The van der Waals surface area contributed by atoms with Crippen LogP contribution >= 0.6 is 0 Å². The quantitative estimate of drug-likeness (QED) is 0.854. The number of amides is 2. The summed E-state index contributed by atoms with van der Waals surface area (Å²) in [6, 6.07) is 7.52. The van der Waals surface area contributed by atoms with Crippen molar-refractivity contribution in [2.24, 2.45) is 0 Å². The molecule has 0 aliphatic carbocycles. The second-order valence-corrected chi connectivity index (χ2v) is 5.72. The Balaban J connectivity index is 1.97. The predicted octanol–water partition coefficient (Wildman–Crippen LogP) is 3.03. The number of nitrogens with one attached hydrogen (secondary N) is 2. The maximum Gasteiger partial charge on any atom is 0.261 e. The van der Waals surface area contributed by atoms with Crippen molar-refractivity contribution < 1.29 is 9.59 Å². The van der Waals surface area contributed by atoms with Crippen molar-refractivity contribution in [1.82, 2.24) is 4.90 Å². The lowest BCUT2D eigenvalue weighted by atomic mass is 9.91. The lowest BCUT2D eigenvalue weighted by molar-refractivity contribution is 0.0608. The Bertz CT molecular complexity index is 754. The van der Waals surface area contributed by atoms with E-state index in [1.807, 2.05) is 24.3 Å². The van der Waals surface area contributed by atoms with Crippen molar-refractivity contribution >= 4 is 34.0 Å². The summed E-state index contributed by atoms with van der Waals surface area (Å²) in [5.41, 5.74) is 3.18. The van der Waals surface area contributed by atoms with Gasteiger partial charge in [0, 0.05) is 39.8 Å². The molecule has 0 unspecified atom stereocenters. The molecule has 5 nitrogen and oxygen atoms in total. The normalized spacial score (nSPS) is 15.8. The highest BCUT2D eigenvalue weighted by Crippen LogP contribution is 2.40. The van der Waals surface area contributed by atoms with Gasteiger partial charge in [0.15, 0.2) is 0 Å². The zero-order chi connectivity index (χ0) is 15.3. The molecule has 0 saturated heterocycles. The van der Waals surface area contributed by atoms with E-state index in [2.05, 4.69) is 17.6 Å². The molecule has 0 radical (unpaired) electrons. The molecule has 0 aromatic heterocycles. The minimum atomic E-state index is -0.180. The number of benzene rings is 2. The van der Waals surface area contributed by atoms with Crippen LogP contribution in [0.25, 0.3) is 10.8 Å². The second-order valence-electron chi connectivity index (χ2n) is 5.72. The molecule has 0 saturated carbocycles. The van der Waals surface area contributed by atoms with Gasteiger partial charge in [-0.15, -0.1) is 0 Å². The van der Waals surface area contributed by atoms with E-state index in [0.29, 0.717) is 24.3 Å². The van der Waals surface area contributed by atoms with E-state index in [-0.39, 0.29) is 11.8 Å². The number of carbonyl (C=O) groups is 2. The van der Waals surface area contributed by atoms with Gasteiger partial charge in [-0.2, -0.15) is 0 Å². The number of hydrogen-bond acceptors (Lipinski definition) is 4. The van der Waals surface area contributed by atoms with Crippen LogP contribution in [0.2, 0.25) is 0 Å².